The maximum atomic E-state index is 11.0. The van der Waals surface area contributed by atoms with E-state index in [1.54, 1.807) is 6.92 Å². The fourth-order valence-corrected chi connectivity index (χ4v) is 1.59. The SMILES string of the molecule is COC(=O)COc1cc(C)c(Cl)c(C)c1[N+](=O)[O-]. The second-order valence-corrected chi connectivity index (χ2v) is 3.98. The van der Waals surface area contributed by atoms with Crippen molar-refractivity contribution in [3.8, 4) is 5.75 Å². The number of halogens is 1. The molecule has 0 heterocycles. The van der Waals surface area contributed by atoms with Gasteiger partial charge in [0.05, 0.1) is 17.1 Å². The van der Waals surface area contributed by atoms with Gasteiger partial charge in [-0.3, -0.25) is 10.1 Å². The number of ether oxygens (including phenoxy) is 2. The quantitative estimate of drug-likeness (QED) is 0.478. The van der Waals surface area contributed by atoms with Crippen LogP contribution in [0.25, 0.3) is 0 Å². The van der Waals surface area contributed by atoms with Gasteiger partial charge >= 0.3 is 11.7 Å². The highest BCUT2D eigenvalue weighted by Crippen LogP contribution is 2.37. The number of hydrogen-bond donors (Lipinski definition) is 0. The Balaban J connectivity index is 3.17. The highest BCUT2D eigenvalue weighted by Gasteiger charge is 2.23. The van der Waals surface area contributed by atoms with Crippen molar-refractivity contribution in [1.29, 1.82) is 0 Å². The van der Waals surface area contributed by atoms with E-state index in [0.717, 1.165) is 0 Å². The van der Waals surface area contributed by atoms with Gasteiger partial charge in [0.25, 0.3) is 0 Å². The molecular formula is C11H12ClNO5. The molecule has 0 amide bonds. The van der Waals surface area contributed by atoms with E-state index in [-0.39, 0.29) is 11.4 Å². The second kappa shape index (κ2) is 5.68. The molecule has 18 heavy (non-hydrogen) atoms. The number of benzene rings is 1. The number of nitrogens with zero attached hydrogens (tertiary/aromatic N) is 1. The fraction of sp³-hybridized carbons (Fsp3) is 0.364. The Bertz CT molecular complexity index is 501. The van der Waals surface area contributed by atoms with Crippen LogP contribution >= 0.6 is 11.6 Å². The first kappa shape index (κ1) is 14.2. The topological polar surface area (TPSA) is 78.7 Å². The van der Waals surface area contributed by atoms with Gasteiger partial charge in [-0.2, -0.15) is 0 Å². The van der Waals surface area contributed by atoms with Crippen LogP contribution in [0.1, 0.15) is 11.1 Å². The number of carbonyl (C=O) groups is 1. The molecule has 0 aliphatic heterocycles. The molecule has 98 valence electrons. The third-order valence-electron chi connectivity index (χ3n) is 2.37. The minimum absolute atomic E-state index is 0.00444. The number of carbonyl (C=O) groups excluding carboxylic acids is 1. The molecule has 0 saturated heterocycles. The van der Waals surface area contributed by atoms with Crippen LogP contribution in [-0.2, 0) is 9.53 Å². The second-order valence-electron chi connectivity index (χ2n) is 3.60. The van der Waals surface area contributed by atoms with E-state index in [1.165, 1.54) is 20.1 Å². The highest BCUT2D eigenvalue weighted by molar-refractivity contribution is 6.32. The van der Waals surface area contributed by atoms with Crippen molar-refractivity contribution in [1.82, 2.24) is 0 Å². The van der Waals surface area contributed by atoms with Crippen molar-refractivity contribution in [2.75, 3.05) is 13.7 Å². The molecule has 0 unspecified atom stereocenters. The van der Waals surface area contributed by atoms with Crippen molar-refractivity contribution in [2.45, 2.75) is 13.8 Å². The number of nitro groups is 1. The first-order chi connectivity index (χ1) is 8.38. The summed E-state index contributed by atoms with van der Waals surface area (Å²) in [6, 6.07) is 1.43. The van der Waals surface area contributed by atoms with E-state index in [9.17, 15) is 14.9 Å². The predicted molar refractivity (Wildman–Crippen MR) is 65.1 cm³/mol. The van der Waals surface area contributed by atoms with E-state index >= 15 is 0 Å². The Labute approximate surface area is 109 Å². The lowest BCUT2D eigenvalue weighted by molar-refractivity contribution is -0.386. The summed E-state index contributed by atoms with van der Waals surface area (Å²) in [6.45, 7) is 2.83. The minimum atomic E-state index is -0.616. The van der Waals surface area contributed by atoms with Crippen molar-refractivity contribution >= 4 is 23.3 Å². The van der Waals surface area contributed by atoms with E-state index in [1.807, 2.05) is 0 Å². The zero-order valence-electron chi connectivity index (χ0n) is 10.2. The van der Waals surface area contributed by atoms with Crippen LogP contribution in [0.2, 0.25) is 5.02 Å². The zero-order valence-corrected chi connectivity index (χ0v) is 10.9. The highest BCUT2D eigenvalue weighted by atomic mass is 35.5. The molecule has 0 saturated carbocycles. The Morgan fingerprint density at radius 3 is 2.61 bits per heavy atom. The molecule has 0 spiro atoms. The van der Waals surface area contributed by atoms with E-state index in [0.29, 0.717) is 16.1 Å². The van der Waals surface area contributed by atoms with E-state index < -0.39 is 17.5 Å². The summed E-state index contributed by atoms with van der Waals surface area (Å²) >= 11 is 5.94. The summed E-state index contributed by atoms with van der Waals surface area (Å²) in [7, 11) is 1.21. The minimum Gasteiger partial charge on any atom is -0.475 e. The third-order valence-corrected chi connectivity index (χ3v) is 2.95. The van der Waals surface area contributed by atoms with Crippen molar-refractivity contribution in [3.63, 3.8) is 0 Å². The summed E-state index contributed by atoms with van der Waals surface area (Å²) in [4.78, 5) is 21.3. The number of rotatable bonds is 4. The average Bonchev–Trinajstić information content (AvgIpc) is 2.32. The fourth-order valence-electron chi connectivity index (χ4n) is 1.45. The van der Waals surface area contributed by atoms with Crippen LogP contribution in [0.15, 0.2) is 6.07 Å². The number of methoxy groups -OCH3 is 1. The Morgan fingerprint density at radius 2 is 2.11 bits per heavy atom. The summed E-state index contributed by atoms with van der Waals surface area (Å²) < 4.78 is 9.49. The summed E-state index contributed by atoms with van der Waals surface area (Å²) in [5.74, 6) is -0.612. The van der Waals surface area contributed by atoms with Crippen LogP contribution < -0.4 is 4.74 Å². The smallest absolute Gasteiger partial charge is 0.343 e. The van der Waals surface area contributed by atoms with Gasteiger partial charge in [-0.15, -0.1) is 0 Å². The first-order valence-electron chi connectivity index (χ1n) is 5.02. The molecule has 1 aromatic carbocycles. The van der Waals surface area contributed by atoms with Crippen molar-refractivity contribution < 1.29 is 19.2 Å². The Hall–Kier alpha value is -1.82. The van der Waals surface area contributed by atoms with Crippen molar-refractivity contribution in [2.24, 2.45) is 0 Å². The Kier molecular flexibility index (Phi) is 4.49. The van der Waals surface area contributed by atoms with Gasteiger partial charge in [-0.1, -0.05) is 11.6 Å². The van der Waals surface area contributed by atoms with Gasteiger partial charge in [-0.05, 0) is 25.5 Å². The lowest BCUT2D eigenvalue weighted by Gasteiger charge is -2.10. The lowest BCUT2D eigenvalue weighted by Crippen LogP contribution is -2.13. The van der Waals surface area contributed by atoms with Crippen LogP contribution in [0, 0.1) is 24.0 Å². The third kappa shape index (κ3) is 2.89. The monoisotopic (exact) mass is 273 g/mol. The number of hydrogen-bond acceptors (Lipinski definition) is 5. The van der Waals surface area contributed by atoms with Gasteiger partial charge in [0.1, 0.15) is 0 Å². The largest absolute Gasteiger partial charge is 0.475 e. The summed E-state index contributed by atoms with van der Waals surface area (Å²) in [5, 5.41) is 11.3. The molecule has 0 aliphatic rings. The number of aryl methyl sites for hydroxylation is 1. The van der Waals surface area contributed by atoms with Gasteiger partial charge in [0.2, 0.25) is 0 Å². The van der Waals surface area contributed by atoms with E-state index in [2.05, 4.69) is 4.74 Å². The van der Waals surface area contributed by atoms with Gasteiger partial charge < -0.3 is 9.47 Å². The first-order valence-corrected chi connectivity index (χ1v) is 5.40. The van der Waals surface area contributed by atoms with Crippen LogP contribution in [-0.4, -0.2) is 24.6 Å². The van der Waals surface area contributed by atoms with Crippen LogP contribution in [0.5, 0.6) is 5.75 Å². The molecule has 1 rings (SSSR count). The zero-order chi connectivity index (χ0) is 13.9. The summed E-state index contributed by atoms with van der Waals surface area (Å²) in [5.41, 5.74) is 0.704. The molecule has 1 aromatic rings. The maximum Gasteiger partial charge on any atom is 0.343 e. The van der Waals surface area contributed by atoms with Gasteiger partial charge in [-0.25, -0.2) is 4.79 Å². The molecule has 0 atom stereocenters. The molecule has 0 aromatic heterocycles. The molecule has 0 N–H and O–H groups in total. The lowest BCUT2D eigenvalue weighted by atomic mass is 10.1. The van der Waals surface area contributed by atoms with Gasteiger partial charge in [0, 0.05) is 5.56 Å². The van der Waals surface area contributed by atoms with E-state index in [4.69, 9.17) is 16.3 Å². The standard InChI is InChI=1S/C11H12ClNO5/c1-6-4-8(18-5-9(14)17-3)11(13(15)16)7(2)10(6)12/h4H,5H2,1-3H3. The molecule has 6 nitrogen and oxygen atoms in total. The molecule has 0 aliphatic carbocycles. The molecule has 7 heteroatoms. The molecule has 0 bridgehead atoms. The summed E-state index contributed by atoms with van der Waals surface area (Å²) in [6.07, 6.45) is 0. The predicted octanol–water partition coefficient (Wildman–Crippen LogP) is 2.42. The van der Waals surface area contributed by atoms with Gasteiger partial charge in [0.15, 0.2) is 12.4 Å². The van der Waals surface area contributed by atoms with Crippen LogP contribution in [0.4, 0.5) is 5.69 Å². The number of nitro benzene ring substituents is 1. The maximum absolute atomic E-state index is 11.0. The molecular weight excluding hydrogens is 262 g/mol. The molecule has 0 fully saturated rings. The molecule has 0 radical (unpaired) electrons. The average molecular weight is 274 g/mol. The van der Waals surface area contributed by atoms with Crippen molar-refractivity contribution in [3.05, 3.63) is 32.3 Å². The van der Waals surface area contributed by atoms with Crippen LogP contribution in [0.3, 0.4) is 0 Å². The Morgan fingerprint density at radius 1 is 1.50 bits per heavy atom. The normalized spacial score (nSPS) is 10.0. The number of esters is 1.